The lowest BCUT2D eigenvalue weighted by atomic mass is 9.96. The standard InChI is InChI=1S/C10H17N3OS2/c1-6-3-4-13(5-7(6)14)10-8(15-2)9(11)12-16-10/h6-7,14H,3-5H2,1-2H3,(H2,11,12). The largest absolute Gasteiger partial charge is 0.391 e. The number of aromatic nitrogens is 1. The van der Waals surface area contributed by atoms with Crippen molar-refractivity contribution in [2.45, 2.75) is 24.3 Å². The van der Waals surface area contributed by atoms with Crippen LogP contribution in [0.25, 0.3) is 0 Å². The summed E-state index contributed by atoms with van der Waals surface area (Å²) in [5.74, 6) is 1.000. The Labute approximate surface area is 104 Å². The maximum Gasteiger partial charge on any atom is 0.153 e. The topological polar surface area (TPSA) is 62.4 Å². The first-order chi connectivity index (χ1) is 7.63. The molecule has 0 aromatic carbocycles. The summed E-state index contributed by atoms with van der Waals surface area (Å²) in [6, 6.07) is 0. The third-order valence-corrected chi connectivity index (χ3v) is 4.93. The van der Waals surface area contributed by atoms with E-state index in [-0.39, 0.29) is 6.10 Å². The molecular weight excluding hydrogens is 242 g/mol. The third kappa shape index (κ3) is 2.14. The smallest absolute Gasteiger partial charge is 0.153 e. The van der Waals surface area contributed by atoms with Crippen LogP contribution in [0.5, 0.6) is 0 Å². The van der Waals surface area contributed by atoms with Crippen molar-refractivity contribution in [3.8, 4) is 0 Å². The molecule has 2 atom stereocenters. The van der Waals surface area contributed by atoms with E-state index in [9.17, 15) is 5.11 Å². The van der Waals surface area contributed by atoms with Crippen LogP contribution < -0.4 is 10.6 Å². The Balaban J connectivity index is 2.18. The molecule has 0 radical (unpaired) electrons. The number of β-amino-alcohol motifs (C(OH)–C–C–N with tert-alkyl or cyclic N) is 1. The van der Waals surface area contributed by atoms with E-state index in [1.54, 1.807) is 11.8 Å². The average Bonchev–Trinajstić information content (AvgIpc) is 2.63. The van der Waals surface area contributed by atoms with Crippen molar-refractivity contribution in [1.82, 2.24) is 4.37 Å². The molecule has 16 heavy (non-hydrogen) atoms. The molecule has 2 unspecified atom stereocenters. The van der Waals surface area contributed by atoms with E-state index >= 15 is 0 Å². The van der Waals surface area contributed by atoms with Gasteiger partial charge in [0.25, 0.3) is 0 Å². The SMILES string of the molecule is CSc1c(N)nsc1N1CCC(C)C(O)C1. The van der Waals surface area contributed by atoms with Gasteiger partial charge >= 0.3 is 0 Å². The van der Waals surface area contributed by atoms with Gasteiger partial charge in [-0.05, 0) is 30.1 Å². The second-order valence-electron chi connectivity index (χ2n) is 4.19. The minimum absolute atomic E-state index is 0.244. The van der Waals surface area contributed by atoms with Gasteiger partial charge in [0, 0.05) is 13.1 Å². The molecule has 6 heteroatoms. The number of aliphatic hydroxyl groups is 1. The van der Waals surface area contributed by atoms with Crippen molar-refractivity contribution < 1.29 is 5.11 Å². The van der Waals surface area contributed by atoms with Crippen LogP contribution in [0.2, 0.25) is 0 Å². The number of nitrogen functional groups attached to an aromatic ring is 1. The van der Waals surface area contributed by atoms with Crippen molar-refractivity contribution in [1.29, 1.82) is 0 Å². The monoisotopic (exact) mass is 259 g/mol. The number of anilines is 2. The zero-order chi connectivity index (χ0) is 11.7. The van der Waals surface area contributed by atoms with E-state index in [0.717, 1.165) is 22.9 Å². The summed E-state index contributed by atoms with van der Waals surface area (Å²) in [6.07, 6.45) is 2.78. The van der Waals surface area contributed by atoms with Crippen molar-refractivity contribution in [2.24, 2.45) is 5.92 Å². The molecule has 2 rings (SSSR count). The molecule has 1 aromatic rings. The molecule has 90 valence electrons. The van der Waals surface area contributed by atoms with Gasteiger partial charge in [-0.3, -0.25) is 0 Å². The summed E-state index contributed by atoms with van der Waals surface area (Å²) in [4.78, 5) is 3.25. The van der Waals surface area contributed by atoms with Crippen molar-refractivity contribution in [3.05, 3.63) is 0 Å². The maximum atomic E-state index is 9.88. The van der Waals surface area contributed by atoms with Crippen LogP contribution in [0, 0.1) is 5.92 Å². The summed E-state index contributed by atoms with van der Waals surface area (Å²) in [5, 5.41) is 11.0. The number of hydrogen-bond donors (Lipinski definition) is 2. The Morgan fingerprint density at radius 3 is 3.00 bits per heavy atom. The summed E-state index contributed by atoms with van der Waals surface area (Å²) in [5.41, 5.74) is 5.81. The van der Waals surface area contributed by atoms with Gasteiger partial charge in [0.1, 0.15) is 5.00 Å². The second kappa shape index (κ2) is 4.81. The van der Waals surface area contributed by atoms with E-state index in [4.69, 9.17) is 5.73 Å². The zero-order valence-electron chi connectivity index (χ0n) is 9.51. The first-order valence-corrected chi connectivity index (χ1v) is 7.35. The van der Waals surface area contributed by atoms with Crippen LogP contribution in [0.1, 0.15) is 13.3 Å². The minimum Gasteiger partial charge on any atom is -0.391 e. The highest BCUT2D eigenvalue weighted by Crippen LogP contribution is 2.38. The Morgan fingerprint density at radius 1 is 1.62 bits per heavy atom. The van der Waals surface area contributed by atoms with Gasteiger partial charge in [-0.1, -0.05) is 6.92 Å². The first kappa shape index (κ1) is 12.0. The third-order valence-electron chi connectivity index (χ3n) is 3.07. The lowest BCUT2D eigenvalue weighted by Gasteiger charge is -2.35. The van der Waals surface area contributed by atoms with Crippen molar-refractivity contribution in [3.63, 3.8) is 0 Å². The molecule has 0 amide bonds. The van der Waals surface area contributed by atoms with Crippen LogP contribution in [0.3, 0.4) is 0 Å². The van der Waals surface area contributed by atoms with Gasteiger partial charge in [-0.25, -0.2) is 0 Å². The molecule has 1 fully saturated rings. The first-order valence-electron chi connectivity index (χ1n) is 5.35. The van der Waals surface area contributed by atoms with Crippen LogP contribution in [0.15, 0.2) is 4.90 Å². The fraction of sp³-hybridized carbons (Fsp3) is 0.700. The number of nitrogens with zero attached hydrogens (tertiary/aromatic N) is 2. The number of thioether (sulfide) groups is 1. The van der Waals surface area contributed by atoms with E-state index in [1.807, 2.05) is 6.26 Å². The molecule has 1 aliphatic heterocycles. The van der Waals surface area contributed by atoms with E-state index in [1.165, 1.54) is 11.5 Å². The zero-order valence-corrected chi connectivity index (χ0v) is 11.1. The molecule has 4 nitrogen and oxygen atoms in total. The fourth-order valence-electron chi connectivity index (χ4n) is 1.91. The van der Waals surface area contributed by atoms with Crippen molar-refractivity contribution >= 4 is 34.1 Å². The molecule has 2 heterocycles. The highest BCUT2D eigenvalue weighted by molar-refractivity contribution is 7.99. The highest BCUT2D eigenvalue weighted by atomic mass is 32.2. The number of aliphatic hydroxyl groups excluding tert-OH is 1. The predicted molar refractivity (Wildman–Crippen MR) is 70.3 cm³/mol. The lowest BCUT2D eigenvalue weighted by Crippen LogP contribution is -2.42. The summed E-state index contributed by atoms with van der Waals surface area (Å²) < 4.78 is 4.18. The number of hydrogen-bond acceptors (Lipinski definition) is 6. The van der Waals surface area contributed by atoms with E-state index in [0.29, 0.717) is 18.3 Å². The summed E-state index contributed by atoms with van der Waals surface area (Å²) in [6.45, 7) is 3.77. The molecular formula is C10H17N3OS2. The molecule has 0 bridgehead atoms. The Bertz CT molecular complexity index is 369. The summed E-state index contributed by atoms with van der Waals surface area (Å²) in [7, 11) is 0. The number of piperidine rings is 1. The molecule has 1 aromatic heterocycles. The maximum absolute atomic E-state index is 9.88. The van der Waals surface area contributed by atoms with Gasteiger partial charge in [0.05, 0.1) is 11.0 Å². The normalized spacial score (nSPS) is 26.1. The van der Waals surface area contributed by atoms with Gasteiger partial charge in [-0.15, -0.1) is 11.8 Å². The number of nitrogens with two attached hydrogens (primary N) is 1. The molecule has 3 N–H and O–H groups in total. The second-order valence-corrected chi connectivity index (χ2v) is 5.75. The Kier molecular flexibility index (Phi) is 3.61. The van der Waals surface area contributed by atoms with Gasteiger partial charge < -0.3 is 15.7 Å². The number of rotatable bonds is 2. The lowest BCUT2D eigenvalue weighted by molar-refractivity contribution is 0.103. The Morgan fingerprint density at radius 2 is 2.38 bits per heavy atom. The van der Waals surface area contributed by atoms with Gasteiger partial charge in [0.2, 0.25) is 0 Å². The van der Waals surface area contributed by atoms with Gasteiger partial charge in [-0.2, -0.15) is 4.37 Å². The fourth-order valence-corrected chi connectivity index (χ4v) is 3.63. The minimum atomic E-state index is -0.244. The molecule has 1 saturated heterocycles. The highest BCUT2D eigenvalue weighted by Gasteiger charge is 2.27. The Hall–Kier alpha value is -0.460. The molecule has 0 saturated carbocycles. The van der Waals surface area contributed by atoms with Crippen LogP contribution in [-0.2, 0) is 0 Å². The van der Waals surface area contributed by atoms with E-state index < -0.39 is 0 Å². The predicted octanol–water partition coefficient (Wildman–Crippen LogP) is 1.65. The summed E-state index contributed by atoms with van der Waals surface area (Å²) >= 11 is 3.05. The van der Waals surface area contributed by atoms with Crippen LogP contribution >= 0.6 is 23.3 Å². The molecule has 1 aliphatic rings. The average molecular weight is 259 g/mol. The molecule has 0 spiro atoms. The van der Waals surface area contributed by atoms with E-state index in [2.05, 4.69) is 16.2 Å². The van der Waals surface area contributed by atoms with Crippen LogP contribution in [-0.4, -0.2) is 34.9 Å². The molecule has 0 aliphatic carbocycles. The van der Waals surface area contributed by atoms with Gasteiger partial charge in [0.15, 0.2) is 5.82 Å². The quantitative estimate of drug-likeness (QED) is 0.791. The van der Waals surface area contributed by atoms with Crippen molar-refractivity contribution in [2.75, 3.05) is 30.0 Å². The van der Waals surface area contributed by atoms with Crippen LogP contribution in [0.4, 0.5) is 10.8 Å².